The van der Waals surface area contributed by atoms with Crippen molar-refractivity contribution in [2.45, 2.75) is 44.8 Å². The maximum atomic E-state index is 13.3. The zero-order valence-corrected chi connectivity index (χ0v) is 38.1. The number of thiophene rings is 1. The summed E-state index contributed by atoms with van der Waals surface area (Å²) in [6.07, 6.45) is 2.39. The lowest BCUT2D eigenvalue weighted by atomic mass is 9.96. The predicted molar refractivity (Wildman–Crippen MR) is 255 cm³/mol. The molecular weight excluding hydrogens is 877 g/mol. The summed E-state index contributed by atoms with van der Waals surface area (Å²) in [7, 11) is 1.67. The van der Waals surface area contributed by atoms with Crippen LogP contribution in [0.25, 0.3) is 32.6 Å². The summed E-state index contributed by atoms with van der Waals surface area (Å²) < 4.78 is 25.6. The zero-order valence-electron chi connectivity index (χ0n) is 37.3. The van der Waals surface area contributed by atoms with E-state index in [0.29, 0.717) is 88.6 Å². The molecule has 0 bridgehead atoms. The molecule has 0 saturated carbocycles. The van der Waals surface area contributed by atoms with Crippen molar-refractivity contribution in [1.82, 2.24) is 25.6 Å². The maximum Gasteiger partial charge on any atom is 0.265 e. The first-order chi connectivity index (χ1) is 32.9. The first-order valence-corrected chi connectivity index (χ1v) is 23.2. The number of carbonyl (C=O) groups excluding carboxylic acids is 4. The van der Waals surface area contributed by atoms with E-state index in [1.807, 2.05) is 58.3 Å². The van der Waals surface area contributed by atoms with Gasteiger partial charge in [-0.15, -0.1) is 16.4 Å². The maximum absolute atomic E-state index is 13.3. The molecule has 350 valence electrons. The van der Waals surface area contributed by atoms with Crippen LogP contribution in [0.5, 0.6) is 0 Å². The van der Waals surface area contributed by atoms with Gasteiger partial charge in [-0.3, -0.25) is 24.0 Å². The highest BCUT2D eigenvalue weighted by molar-refractivity contribution is 7.20. The Morgan fingerprint density at radius 2 is 1.49 bits per heavy atom. The van der Waals surface area contributed by atoms with E-state index >= 15 is 0 Å². The van der Waals surface area contributed by atoms with Gasteiger partial charge in [0.25, 0.3) is 11.8 Å². The van der Waals surface area contributed by atoms with Crippen LogP contribution in [-0.2, 0) is 46.5 Å². The molecule has 0 radical (unpaired) electrons. The van der Waals surface area contributed by atoms with Crippen molar-refractivity contribution in [2.75, 3.05) is 82.2 Å². The third-order valence-corrected chi connectivity index (χ3v) is 12.4. The molecule has 2 aliphatic heterocycles. The molecule has 18 heteroatoms. The molecule has 0 aliphatic carbocycles. The topological polar surface area (TPSA) is 196 Å². The fraction of sp³-hybridized carbons (Fsp3) is 0.347. The third-order valence-electron chi connectivity index (χ3n) is 11.3. The molecule has 1 atom stereocenters. The molecule has 2 aromatic heterocycles. The lowest BCUT2D eigenvalue weighted by Gasteiger charge is -2.27. The van der Waals surface area contributed by atoms with E-state index in [2.05, 4.69) is 43.7 Å². The molecule has 4 N–H and O–H groups in total. The van der Waals surface area contributed by atoms with Crippen LogP contribution in [0.4, 0.5) is 17.1 Å². The quantitative estimate of drug-likeness (QED) is 0.0577. The van der Waals surface area contributed by atoms with E-state index in [1.165, 1.54) is 11.3 Å². The second kappa shape index (κ2) is 23.3. The minimum atomic E-state index is -0.629. The molecule has 1 unspecified atom stereocenters. The first kappa shape index (κ1) is 47.0. The Balaban J connectivity index is 0.688. The van der Waals surface area contributed by atoms with Crippen molar-refractivity contribution in [3.05, 3.63) is 113 Å². The van der Waals surface area contributed by atoms with Gasteiger partial charge in [0.05, 0.1) is 107 Å². The van der Waals surface area contributed by atoms with Crippen molar-refractivity contribution >= 4 is 62.1 Å². The van der Waals surface area contributed by atoms with E-state index < -0.39 is 11.9 Å². The summed E-state index contributed by atoms with van der Waals surface area (Å²) in [5, 5.41) is 23.1. The smallest absolute Gasteiger partial charge is 0.265 e. The van der Waals surface area contributed by atoms with Crippen molar-refractivity contribution in [2.24, 2.45) is 0 Å². The number of ether oxygens (including phenoxy) is 4. The standard InChI is InChI=1S/C49H54N8O9S/c1-62-57-32-33-10-2-3-11-36(33)46-45(38-13-5-7-16-41(38)57)54-55-56(46)21-23-64-25-27-66-29-28-65-26-24-63-22-19-44(58)51-35-17-18-42-34(30-35)31-43(67-42)49(61)52-39-14-6-4-12-37(39)47(59)53-40-15-8-9-20-50-48(40)60/h2-7,10-14,16-18,30-31,40H,8-9,15,19-29,32H2,1H3,(H,50,60)(H,51,58)(H,52,61)(H,53,59). The molecule has 8 rings (SSSR count). The first-order valence-electron chi connectivity index (χ1n) is 22.4. The number of hydrogen-bond acceptors (Lipinski definition) is 13. The fourth-order valence-electron chi connectivity index (χ4n) is 7.92. The van der Waals surface area contributed by atoms with Crippen LogP contribution in [0, 0.1) is 0 Å². The van der Waals surface area contributed by atoms with E-state index in [4.69, 9.17) is 23.8 Å². The predicted octanol–water partition coefficient (Wildman–Crippen LogP) is 6.45. The second-order valence-corrected chi connectivity index (χ2v) is 16.9. The monoisotopic (exact) mass is 930 g/mol. The number of aromatic nitrogens is 3. The minimum Gasteiger partial charge on any atom is -0.379 e. The fourth-order valence-corrected chi connectivity index (χ4v) is 8.86. The van der Waals surface area contributed by atoms with Gasteiger partial charge in [0.2, 0.25) is 11.8 Å². The summed E-state index contributed by atoms with van der Waals surface area (Å²) in [4.78, 5) is 57.8. The van der Waals surface area contributed by atoms with Crippen LogP contribution >= 0.6 is 11.3 Å². The molecule has 4 heterocycles. The molecule has 17 nitrogen and oxygen atoms in total. The number of amides is 4. The Labute approximate surface area is 392 Å². The molecule has 1 saturated heterocycles. The average molecular weight is 931 g/mol. The van der Waals surface area contributed by atoms with Crippen molar-refractivity contribution in [3.8, 4) is 22.5 Å². The Morgan fingerprint density at radius 1 is 0.776 bits per heavy atom. The molecule has 4 aromatic carbocycles. The van der Waals surface area contributed by atoms with E-state index in [1.54, 1.807) is 43.5 Å². The van der Waals surface area contributed by atoms with E-state index in [-0.39, 0.29) is 36.3 Å². The van der Waals surface area contributed by atoms with Crippen molar-refractivity contribution < 1.29 is 43.0 Å². The number of para-hydroxylation sites is 2. The number of anilines is 3. The summed E-state index contributed by atoms with van der Waals surface area (Å²) >= 11 is 1.30. The van der Waals surface area contributed by atoms with Crippen LogP contribution in [0.15, 0.2) is 97.1 Å². The van der Waals surface area contributed by atoms with Crippen LogP contribution in [0.2, 0.25) is 0 Å². The second-order valence-electron chi connectivity index (χ2n) is 15.8. The van der Waals surface area contributed by atoms with Crippen molar-refractivity contribution in [1.29, 1.82) is 0 Å². The Hall–Kier alpha value is -6.54. The largest absolute Gasteiger partial charge is 0.379 e. The number of benzene rings is 4. The molecule has 4 amide bonds. The van der Waals surface area contributed by atoms with E-state index in [0.717, 1.165) is 56.7 Å². The number of fused-ring (bicyclic) bond motifs is 6. The van der Waals surface area contributed by atoms with Gasteiger partial charge in [0.15, 0.2) is 0 Å². The molecule has 6 aromatic rings. The summed E-state index contributed by atoms with van der Waals surface area (Å²) in [6.45, 7) is 4.72. The minimum absolute atomic E-state index is 0.157. The number of hydroxylamine groups is 1. The van der Waals surface area contributed by atoms with Gasteiger partial charge in [-0.1, -0.05) is 59.8 Å². The number of carbonyl (C=O) groups is 4. The zero-order chi connectivity index (χ0) is 46.4. The average Bonchev–Trinajstić information content (AvgIpc) is 3.90. The van der Waals surface area contributed by atoms with E-state index in [9.17, 15) is 19.2 Å². The molecule has 1 fully saturated rings. The van der Waals surface area contributed by atoms with Gasteiger partial charge < -0.3 is 40.2 Å². The highest BCUT2D eigenvalue weighted by Gasteiger charge is 2.27. The molecular formula is C49H54N8O9S. The number of hydrogen-bond donors (Lipinski definition) is 4. The summed E-state index contributed by atoms with van der Waals surface area (Å²) in [6, 6.07) is 29.5. The van der Waals surface area contributed by atoms with Gasteiger partial charge in [0.1, 0.15) is 11.7 Å². The Bertz CT molecular complexity index is 2670. The van der Waals surface area contributed by atoms with Crippen LogP contribution in [0.3, 0.4) is 0 Å². The Morgan fingerprint density at radius 3 is 2.30 bits per heavy atom. The third kappa shape index (κ3) is 12.1. The SMILES string of the molecule is CON1Cc2ccccc2-c2c(nnn2CCOCCOCCOCCOCCC(=O)Nc2ccc3sc(C(=O)Nc4ccccc4C(=O)NC4CCCCNC4=O)cc3c2)-c2ccccc21. The highest BCUT2D eigenvalue weighted by atomic mass is 32.1. The molecule has 67 heavy (non-hydrogen) atoms. The van der Waals surface area contributed by atoms with Gasteiger partial charge >= 0.3 is 0 Å². The van der Waals surface area contributed by atoms with Gasteiger partial charge in [-0.05, 0) is 72.7 Å². The van der Waals surface area contributed by atoms with Gasteiger partial charge in [0, 0.05) is 28.1 Å². The van der Waals surface area contributed by atoms with Crippen LogP contribution < -0.4 is 26.3 Å². The lowest BCUT2D eigenvalue weighted by molar-refractivity contribution is -0.122. The number of nitrogens with zero attached hydrogens (tertiary/aromatic N) is 4. The van der Waals surface area contributed by atoms with Gasteiger partial charge in [-0.2, -0.15) is 0 Å². The highest BCUT2D eigenvalue weighted by Crippen LogP contribution is 2.41. The van der Waals surface area contributed by atoms with Crippen LogP contribution in [-0.4, -0.2) is 111 Å². The Kier molecular flexibility index (Phi) is 16.3. The number of nitrogens with one attached hydrogen (secondary N) is 4. The van der Waals surface area contributed by atoms with Crippen molar-refractivity contribution in [3.63, 3.8) is 0 Å². The van der Waals surface area contributed by atoms with Crippen LogP contribution in [0.1, 0.15) is 51.3 Å². The summed E-state index contributed by atoms with van der Waals surface area (Å²) in [5.74, 6) is -1.22. The molecule has 2 aliphatic rings. The number of rotatable bonds is 21. The van der Waals surface area contributed by atoms with Gasteiger partial charge in [-0.25, -0.2) is 9.75 Å². The normalized spacial score (nSPS) is 14.5. The molecule has 0 spiro atoms. The summed E-state index contributed by atoms with van der Waals surface area (Å²) in [5.41, 5.74) is 6.98. The lowest BCUT2D eigenvalue weighted by Crippen LogP contribution is -2.45.